The summed E-state index contributed by atoms with van der Waals surface area (Å²) in [7, 11) is 0. The number of halogens is 3. The van der Waals surface area contributed by atoms with Gasteiger partial charge in [-0.05, 0) is 25.7 Å². The van der Waals surface area contributed by atoms with Gasteiger partial charge >= 0.3 is 6.18 Å². The topological polar surface area (TPSA) is 55.0 Å². The predicted octanol–water partition coefficient (Wildman–Crippen LogP) is 2.54. The maximum absolute atomic E-state index is 13.5. The van der Waals surface area contributed by atoms with Crippen LogP contribution < -0.4 is 10.6 Å². The van der Waals surface area contributed by atoms with Crippen molar-refractivity contribution in [2.45, 2.75) is 32.4 Å². The first kappa shape index (κ1) is 13.5. The van der Waals surface area contributed by atoms with Crippen molar-refractivity contribution in [1.29, 1.82) is 0 Å². The number of hydrogen-bond acceptors (Lipinski definition) is 4. The maximum atomic E-state index is 13.5. The first-order valence-electron chi connectivity index (χ1n) is 6.75. The minimum absolute atomic E-state index is 0.0515. The van der Waals surface area contributed by atoms with Crippen LogP contribution in [0.25, 0.3) is 0 Å². The SMILES string of the molecule is Cc1cc(N)nc(N2C[C@@H]3CCC[C@]3(C(F)(F)F)C2)n1. The van der Waals surface area contributed by atoms with E-state index in [1.54, 1.807) is 17.9 Å². The average Bonchev–Trinajstić information content (AvgIpc) is 2.82. The predicted molar refractivity (Wildman–Crippen MR) is 69.2 cm³/mol. The maximum Gasteiger partial charge on any atom is 0.396 e. The summed E-state index contributed by atoms with van der Waals surface area (Å²) in [6.45, 7) is 2.07. The number of fused-ring (bicyclic) bond motifs is 1. The van der Waals surface area contributed by atoms with E-state index in [0.717, 1.165) is 0 Å². The molecule has 2 aliphatic rings. The van der Waals surface area contributed by atoms with Gasteiger partial charge in [0.25, 0.3) is 0 Å². The van der Waals surface area contributed by atoms with Gasteiger partial charge in [0.05, 0.1) is 5.41 Å². The van der Waals surface area contributed by atoms with E-state index in [4.69, 9.17) is 5.73 Å². The molecule has 0 spiro atoms. The molecule has 1 aromatic rings. The molecule has 0 bridgehead atoms. The quantitative estimate of drug-likeness (QED) is 0.862. The smallest absolute Gasteiger partial charge is 0.384 e. The third-order valence-electron chi connectivity index (χ3n) is 4.58. The number of nitrogen functional groups attached to an aromatic ring is 1. The van der Waals surface area contributed by atoms with E-state index >= 15 is 0 Å². The van der Waals surface area contributed by atoms with Crippen molar-refractivity contribution in [2.75, 3.05) is 23.7 Å². The molecule has 1 aromatic heterocycles. The highest BCUT2D eigenvalue weighted by atomic mass is 19.4. The van der Waals surface area contributed by atoms with Crippen molar-refractivity contribution in [3.05, 3.63) is 11.8 Å². The third kappa shape index (κ3) is 1.91. The van der Waals surface area contributed by atoms with Crippen molar-refractivity contribution < 1.29 is 13.2 Å². The molecule has 7 heteroatoms. The summed E-state index contributed by atoms with van der Waals surface area (Å²) in [5, 5.41) is 0. The molecular weight excluding hydrogens is 269 g/mol. The third-order valence-corrected chi connectivity index (χ3v) is 4.58. The van der Waals surface area contributed by atoms with E-state index < -0.39 is 11.6 Å². The van der Waals surface area contributed by atoms with E-state index in [9.17, 15) is 13.2 Å². The molecule has 4 nitrogen and oxygen atoms in total. The fourth-order valence-electron chi connectivity index (χ4n) is 3.62. The highest BCUT2D eigenvalue weighted by molar-refractivity contribution is 5.42. The average molecular weight is 286 g/mol. The van der Waals surface area contributed by atoms with Crippen LogP contribution in [0.1, 0.15) is 25.0 Å². The molecule has 3 rings (SSSR count). The largest absolute Gasteiger partial charge is 0.396 e. The van der Waals surface area contributed by atoms with Crippen LogP contribution >= 0.6 is 0 Å². The van der Waals surface area contributed by atoms with Crippen LogP contribution in [0.2, 0.25) is 0 Å². The first-order valence-corrected chi connectivity index (χ1v) is 6.75. The summed E-state index contributed by atoms with van der Waals surface area (Å²) in [5.74, 6) is 0.263. The highest BCUT2D eigenvalue weighted by Crippen LogP contribution is 2.57. The number of aryl methyl sites for hydroxylation is 1. The number of nitrogens with two attached hydrogens (primary N) is 1. The molecule has 1 aliphatic heterocycles. The summed E-state index contributed by atoms with van der Waals surface area (Å²) >= 11 is 0. The van der Waals surface area contributed by atoms with Gasteiger partial charge in [-0.15, -0.1) is 0 Å². The molecule has 2 atom stereocenters. The Kier molecular flexibility index (Phi) is 2.85. The minimum atomic E-state index is -4.17. The lowest BCUT2D eigenvalue weighted by molar-refractivity contribution is -0.224. The summed E-state index contributed by atoms with van der Waals surface area (Å²) in [6.07, 6.45) is -2.69. The van der Waals surface area contributed by atoms with Gasteiger partial charge in [0, 0.05) is 24.8 Å². The van der Waals surface area contributed by atoms with Gasteiger partial charge in [-0.2, -0.15) is 18.2 Å². The fraction of sp³-hybridized carbons (Fsp3) is 0.692. The van der Waals surface area contributed by atoms with Crippen molar-refractivity contribution in [3.8, 4) is 0 Å². The van der Waals surface area contributed by atoms with Crippen molar-refractivity contribution >= 4 is 11.8 Å². The molecule has 2 heterocycles. The second kappa shape index (κ2) is 4.23. The Labute approximate surface area is 115 Å². The van der Waals surface area contributed by atoms with E-state index in [-0.39, 0.29) is 18.9 Å². The molecular formula is C13H17F3N4. The molecule has 2 fully saturated rings. The number of rotatable bonds is 1. The van der Waals surface area contributed by atoms with Gasteiger partial charge in [0.2, 0.25) is 5.95 Å². The second-order valence-electron chi connectivity index (χ2n) is 5.86. The van der Waals surface area contributed by atoms with Crippen LogP contribution in [-0.2, 0) is 0 Å². The Bertz CT molecular complexity index is 511. The Morgan fingerprint density at radius 2 is 2.15 bits per heavy atom. The Balaban J connectivity index is 1.92. The minimum Gasteiger partial charge on any atom is -0.384 e. The van der Waals surface area contributed by atoms with Crippen LogP contribution in [0.4, 0.5) is 24.9 Å². The van der Waals surface area contributed by atoms with Crippen molar-refractivity contribution in [3.63, 3.8) is 0 Å². The van der Waals surface area contributed by atoms with Crippen molar-refractivity contribution in [1.82, 2.24) is 9.97 Å². The van der Waals surface area contributed by atoms with E-state index in [0.29, 0.717) is 36.8 Å². The Hall–Kier alpha value is -1.53. The molecule has 0 unspecified atom stereocenters. The van der Waals surface area contributed by atoms with Gasteiger partial charge in [0.15, 0.2) is 0 Å². The van der Waals surface area contributed by atoms with Crippen LogP contribution in [-0.4, -0.2) is 29.2 Å². The fourth-order valence-corrected chi connectivity index (χ4v) is 3.62. The lowest BCUT2D eigenvalue weighted by atomic mass is 9.80. The van der Waals surface area contributed by atoms with Crippen LogP contribution in [0, 0.1) is 18.3 Å². The van der Waals surface area contributed by atoms with Crippen LogP contribution in [0.5, 0.6) is 0 Å². The van der Waals surface area contributed by atoms with E-state index in [1.807, 2.05) is 0 Å². The zero-order valence-electron chi connectivity index (χ0n) is 11.2. The molecule has 2 N–H and O–H groups in total. The monoisotopic (exact) mass is 286 g/mol. The second-order valence-corrected chi connectivity index (χ2v) is 5.86. The number of alkyl halides is 3. The molecule has 110 valence electrons. The van der Waals surface area contributed by atoms with Gasteiger partial charge in [-0.3, -0.25) is 0 Å². The normalized spacial score (nSPS) is 29.8. The van der Waals surface area contributed by atoms with Gasteiger partial charge in [0.1, 0.15) is 5.82 Å². The number of aromatic nitrogens is 2. The summed E-state index contributed by atoms with van der Waals surface area (Å²) in [6, 6.07) is 1.61. The number of anilines is 2. The number of hydrogen-bond donors (Lipinski definition) is 1. The summed E-state index contributed by atoms with van der Waals surface area (Å²) in [4.78, 5) is 9.95. The van der Waals surface area contributed by atoms with Gasteiger partial charge < -0.3 is 10.6 Å². The zero-order valence-corrected chi connectivity index (χ0v) is 11.2. The molecule has 1 saturated heterocycles. The summed E-state index contributed by atoms with van der Waals surface area (Å²) in [5.41, 5.74) is 4.75. The molecule has 0 aromatic carbocycles. The lowest BCUT2D eigenvalue weighted by Crippen LogP contribution is -2.42. The Morgan fingerprint density at radius 1 is 1.40 bits per heavy atom. The molecule has 0 radical (unpaired) electrons. The molecule has 1 aliphatic carbocycles. The van der Waals surface area contributed by atoms with E-state index in [2.05, 4.69) is 9.97 Å². The van der Waals surface area contributed by atoms with Crippen molar-refractivity contribution in [2.24, 2.45) is 11.3 Å². The zero-order chi connectivity index (χ0) is 14.5. The van der Waals surface area contributed by atoms with Crippen LogP contribution in [0.3, 0.4) is 0 Å². The Morgan fingerprint density at radius 3 is 2.75 bits per heavy atom. The van der Waals surface area contributed by atoms with Gasteiger partial charge in [-0.1, -0.05) is 6.42 Å². The molecule has 1 saturated carbocycles. The van der Waals surface area contributed by atoms with E-state index in [1.165, 1.54) is 0 Å². The first-order chi connectivity index (χ1) is 9.32. The lowest BCUT2D eigenvalue weighted by Gasteiger charge is -2.31. The summed E-state index contributed by atoms with van der Waals surface area (Å²) < 4.78 is 40.4. The molecule has 0 amide bonds. The number of nitrogens with zero attached hydrogens (tertiary/aromatic N) is 3. The standard InChI is InChI=1S/C13H17F3N4/c1-8-5-10(17)19-11(18-8)20-6-9-3-2-4-12(9,7-20)13(14,15)16/h5,9H,2-4,6-7H2,1H3,(H2,17,18,19)/t9-,12-/m0/s1. The highest BCUT2D eigenvalue weighted by Gasteiger charge is 2.64. The van der Waals surface area contributed by atoms with Gasteiger partial charge in [-0.25, -0.2) is 4.98 Å². The van der Waals surface area contributed by atoms with Crippen LogP contribution in [0.15, 0.2) is 6.07 Å². The molecule has 20 heavy (non-hydrogen) atoms.